The Hall–Kier alpha value is -0.448. The Labute approximate surface area is 123 Å². The molecule has 0 saturated heterocycles. The summed E-state index contributed by atoms with van der Waals surface area (Å²) >= 11 is 0. The summed E-state index contributed by atoms with van der Waals surface area (Å²) in [5, 5.41) is 0. The molecular weight excluding hydrogens is 235 g/mol. The maximum atomic E-state index is 5.43. The zero-order valence-corrected chi connectivity index (χ0v) is 12.3. The molecule has 1 aromatic rings. The lowest BCUT2D eigenvalue weighted by atomic mass is 9.78. The van der Waals surface area contributed by atoms with Gasteiger partial charge in [-0.1, -0.05) is 59.2 Å². The van der Waals surface area contributed by atoms with Crippen LogP contribution in [0.15, 0.2) is 12.1 Å². The van der Waals surface area contributed by atoms with Crippen LogP contribution in [0.5, 0.6) is 5.75 Å². The Morgan fingerprint density at radius 2 is 1.22 bits per heavy atom. The minimum atomic E-state index is 0. The third-order valence-electron chi connectivity index (χ3n) is 2.99. The maximum absolute atomic E-state index is 5.43. The van der Waals surface area contributed by atoms with E-state index in [2.05, 4.69) is 67.7 Å². The van der Waals surface area contributed by atoms with Gasteiger partial charge in [-0.3, -0.25) is 0 Å². The number of benzene rings is 1. The summed E-state index contributed by atoms with van der Waals surface area (Å²) in [6, 6.07) is 4.41. The quantitative estimate of drug-likeness (QED) is 0.704. The second-order valence-corrected chi connectivity index (χ2v) is 6.83. The molecule has 2 heteroatoms. The fraction of sp³-hybridized carbons (Fsp3) is 0.562. The summed E-state index contributed by atoms with van der Waals surface area (Å²) < 4.78 is 5.43. The van der Waals surface area contributed by atoms with Crippen molar-refractivity contribution in [3.05, 3.63) is 35.9 Å². The van der Waals surface area contributed by atoms with Crippen LogP contribution in [-0.2, 0) is 10.8 Å². The van der Waals surface area contributed by atoms with Crippen LogP contribution in [-0.4, -0.2) is 17.4 Å². The Morgan fingerprint density at radius 3 is 1.44 bits per heavy atom. The monoisotopic (exact) mass is 263 g/mol. The summed E-state index contributed by atoms with van der Waals surface area (Å²) in [6.45, 7) is 15.4. The molecule has 0 aliphatic carbocycles. The van der Waals surface area contributed by atoms with Gasteiger partial charge < -0.3 is 4.74 Å². The fourth-order valence-corrected chi connectivity index (χ4v) is 2.04. The van der Waals surface area contributed by atoms with E-state index in [1.165, 1.54) is 16.7 Å². The van der Waals surface area contributed by atoms with Gasteiger partial charge in [0.15, 0.2) is 17.4 Å². The Kier molecular flexibility index (Phi) is 5.54. The molecule has 1 nitrogen and oxygen atoms in total. The fourth-order valence-electron chi connectivity index (χ4n) is 2.04. The van der Waals surface area contributed by atoms with Crippen molar-refractivity contribution in [3.63, 3.8) is 0 Å². The number of aryl methyl sites for hydroxylation is 1. The number of hydrogen-bond donors (Lipinski definition) is 0. The smallest absolute Gasteiger partial charge is 0.187 e. The van der Waals surface area contributed by atoms with Crippen LogP contribution in [0.25, 0.3) is 0 Å². The van der Waals surface area contributed by atoms with Gasteiger partial charge in [0.25, 0.3) is 0 Å². The molecule has 18 heavy (non-hydrogen) atoms. The standard InChI is InChI=1S/C16H25O.Al.3H/c1-11-9-12(15(2,3)4)14(17-8)13(10-11)16(5,6)7;;;;/h9-10H,8H2,1-7H3;;;;. The minimum Gasteiger partial charge on any atom is -0.489 e. The van der Waals surface area contributed by atoms with Crippen molar-refractivity contribution in [2.45, 2.75) is 59.3 Å². The average Bonchev–Trinajstić information content (AvgIpc) is 2.13. The highest BCUT2D eigenvalue weighted by Crippen LogP contribution is 2.40. The summed E-state index contributed by atoms with van der Waals surface area (Å²) in [5.41, 5.74) is 3.88. The summed E-state index contributed by atoms with van der Waals surface area (Å²) in [6.07, 6.45) is 0. The molecule has 0 fully saturated rings. The van der Waals surface area contributed by atoms with Crippen LogP contribution in [0.1, 0.15) is 58.2 Å². The van der Waals surface area contributed by atoms with Gasteiger partial charge >= 0.3 is 0 Å². The highest BCUT2D eigenvalue weighted by molar-refractivity contribution is 5.75. The van der Waals surface area contributed by atoms with Gasteiger partial charge in [-0.25, -0.2) is 0 Å². The molecule has 0 atom stereocenters. The van der Waals surface area contributed by atoms with E-state index in [1.807, 2.05) is 0 Å². The van der Waals surface area contributed by atoms with E-state index in [0.29, 0.717) is 0 Å². The van der Waals surface area contributed by atoms with E-state index in [0.717, 1.165) is 5.75 Å². The topological polar surface area (TPSA) is 9.23 Å². The molecular formula is C16H28AlO. The van der Waals surface area contributed by atoms with Crippen LogP contribution in [0, 0.1) is 14.0 Å². The predicted octanol–water partition coefficient (Wildman–Crippen LogP) is 3.58. The van der Waals surface area contributed by atoms with Gasteiger partial charge in [-0.05, 0) is 17.8 Å². The number of rotatable bonds is 1. The van der Waals surface area contributed by atoms with E-state index in [4.69, 9.17) is 4.74 Å². The molecule has 0 bridgehead atoms. The molecule has 0 aromatic heterocycles. The highest BCUT2D eigenvalue weighted by Gasteiger charge is 2.26. The molecule has 0 amide bonds. The van der Waals surface area contributed by atoms with E-state index >= 15 is 0 Å². The normalized spacial score (nSPS) is 12.0. The van der Waals surface area contributed by atoms with Crippen molar-refractivity contribution >= 4 is 17.4 Å². The molecule has 1 radical (unpaired) electrons. The van der Waals surface area contributed by atoms with Crippen molar-refractivity contribution in [1.82, 2.24) is 0 Å². The van der Waals surface area contributed by atoms with Crippen molar-refractivity contribution in [1.29, 1.82) is 0 Å². The van der Waals surface area contributed by atoms with Crippen LogP contribution < -0.4 is 4.74 Å². The maximum Gasteiger partial charge on any atom is 0.187 e. The zero-order valence-electron chi connectivity index (χ0n) is 12.3. The van der Waals surface area contributed by atoms with Crippen LogP contribution in [0.2, 0.25) is 0 Å². The Morgan fingerprint density at radius 1 is 0.889 bits per heavy atom. The lowest BCUT2D eigenvalue weighted by molar-refractivity contribution is 0.425. The molecule has 0 saturated carbocycles. The van der Waals surface area contributed by atoms with Gasteiger partial charge in [0.05, 0.1) is 0 Å². The first-order valence-electron chi connectivity index (χ1n) is 6.15. The van der Waals surface area contributed by atoms with Crippen LogP contribution in [0.4, 0.5) is 0 Å². The van der Waals surface area contributed by atoms with Gasteiger partial charge in [0.2, 0.25) is 0 Å². The molecule has 0 N–H and O–H groups in total. The molecule has 1 aromatic carbocycles. The molecule has 0 aliphatic rings. The molecule has 0 unspecified atom stereocenters. The average molecular weight is 263 g/mol. The highest BCUT2D eigenvalue weighted by atomic mass is 27.0. The summed E-state index contributed by atoms with van der Waals surface area (Å²) in [4.78, 5) is 0. The largest absolute Gasteiger partial charge is 0.489 e. The second-order valence-electron chi connectivity index (χ2n) is 6.83. The number of ether oxygens (including phenoxy) is 1. The van der Waals surface area contributed by atoms with E-state index in [1.54, 1.807) is 0 Å². The van der Waals surface area contributed by atoms with Crippen molar-refractivity contribution in [3.8, 4) is 5.75 Å². The lowest BCUT2D eigenvalue weighted by Gasteiger charge is -2.29. The minimum absolute atomic E-state index is 0. The van der Waals surface area contributed by atoms with E-state index in [-0.39, 0.29) is 28.2 Å². The van der Waals surface area contributed by atoms with Gasteiger partial charge in [-0.15, -0.1) is 0 Å². The molecule has 0 heterocycles. The third kappa shape index (κ3) is 3.77. The Bertz CT molecular complexity index is 373. The Balaban J connectivity index is 0.00000289. The van der Waals surface area contributed by atoms with Crippen LogP contribution in [0.3, 0.4) is 0 Å². The first-order chi connectivity index (χ1) is 7.57. The lowest BCUT2D eigenvalue weighted by Crippen LogP contribution is -2.19. The molecule has 1 rings (SSSR count). The predicted molar refractivity (Wildman–Crippen MR) is 84.5 cm³/mol. The summed E-state index contributed by atoms with van der Waals surface area (Å²) in [5.74, 6) is 0.940. The van der Waals surface area contributed by atoms with Gasteiger partial charge in [0, 0.05) is 11.1 Å². The second kappa shape index (κ2) is 5.68. The van der Waals surface area contributed by atoms with Crippen molar-refractivity contribution < 1.29 is 4.74 Å². The van der Waals surface area contributed by atoms with Crippen molar-refractivity contribution in [2.24, 2.45) is 0 Å². The van der Waals surface area contributed by atoms with E-state index < -0.39 is 0 Å². The first kappa shape index (κ1) is 17.6. The molecule has 0 aliphatic heterocycles. The van der Waals surface area contributed by atoms with Crippen molar-refractivity contribution in [2.75, 3.05) is 0 Å². The first-order valence-corrected chi connectivity index (χ1v) is 6.15. The SMILES string of the molecule is [AlH3].[CH2]Oc1c(C(C)(C)C)cc(C)cc1C(C)(C)C. The van der Waals surface area contributed by atoms with Gasteiger partial charge in [-0.2, -0.15) is 0 Å². The zero-order chi connectivity index (χ0) is 13.4. The molecule has 101 valence electrons. The number of hydrogen-bond acceptors (Lipinski definition) is 1. The summed E-state index contributed by atoms with van der Waals surface area (Å²) in [7, 11) is 3.63. The van der Waals surface area contributed by atoms with E-state index in [9.17, 15) is 0 Å². The van der Waals surface area contributed by atoms with Gasteiger partial charge in [0.1, 0.15) is 12.9 Å². The third-order valence-corrected chi connectivity index (χ3v) is 2.99. The molecule has 0 spiro atoms. The van der Waals surface area contributed by atoms with Crippen LogP contribution >= 0.6 is 0 Å².